The van der Waals surface area contributed by atoms with Crippen LogP contribution in [0.5, 0.6) is 0 Å². The smallest absolute Gasteiger partial charge is 0.283 e. The molecule has 0 fully saturated rings. The topological polar surface area (TPSA) is 72.8 Å². The molecule has 1 aliphatic heterocycles. The Bertz CT molecular complexity index is 1350. The Morgan fingerprint density at radius 1 is 1.07 bits per heavy atom. The van der Waals surface area contributed by atoms with Crippen molar-refractivity contribution in [2.45, 2.75) is 6.92 Å². The van der Waals surface area contributed by atoms with Gasteiger partial charge in [-0.05, 0) is 24.6 Å². The van der Waals surface area contributed by atoms with Gasteiger partial charge in [-0.3, -0.25) is 14.2 Å². The highest BCUT2D eigenvalue weighted by molar-refractivity contribution is 7.15. The van der Waals surface area contributed by atoms with E-state index in [0.29, 0.717) is 16.3 Å². The fourth-order valence-corrected chi connectivity index (χ4v) is 4.40. The normalized spacial score (nSPS) is 14.5. The molecule has 5 rings (SSSR count). The lowest BCUT2D eigenvalue weighted by Gasteiger charge is -2.09. The van der Waals surface area contributed by atoms with Crippen molar-refractivity contribution in [3.8, 4) is 11.3 Å². The van der Waals surface area contributed by atoms with Gasteiger partial charge in [-0.1, -0.05) is 48.5 Å². The van der Waals surface area contributed by atoms with E-state index in [1.807, 2.05) is 77.4 Å². The molecule has 2 aromatic heterocycles. The zero-order chi connectivity index (χ0) is 19.3. The summed E-state index contributed by atoms with van der Waals surface area (Å²) >= 11 is 1.41. The van der Waals surface area contributed by atoms with Crippen molar-refractivity contribution < 1.29 is 0 Å². The second-order valence-electron chi connectivity index (χ2n) is 6.59. The van der Waals surface area contributed by atoms with Gasteiger partial charge in [-0.15, -0.1) is 11.3 Å². The van der Waals surface area contributed by atoms with E-state index in [1.165, 1.54) is 11.3 Å². The molecule has 0 spiro atoms. The third-order valence-corrected chi connectivity index (χ3v) is 5.71. The molecule has 2 N–H and O–H groups in total. The molecule has 2 aromatic carbocycles. The van der Waals surface area contributed by atoms with Crippen molar-refractivity contribution in [2.24, 2.45) is 4.99 Å². The molecule has 1 aliphatic rings. The van der Waals surface area contributed by atoms with Crippen LogP contribution < -0.4 is 11.3 Å². The minimum Gasteiger partial charge on any atom is -0.384 e. The number of anilines is 1. The van der Waals surface area contributed by atoms with Gasteiger partial charge in [-0.25, -0.2) is 0 Å². The lowest BCUT2D eigenvalue weighted by atomic mass is 10.0. The number of aliphatic imine (C=N–C) groups is 1. The first-order valence-corrected chi connectivity index (χ1v) is 9.73. The number of rotatable bonds is 2. The second-order valence-corrected chi connectivity index (χ2v) is 7.43. The molecule has 0 saturated heterocycles. The number of benzene rings is 2. The standard InChI is InChI=1S/C22H16N4OS/c1-13-16(15-9-5-6-10-18(15)24-13)11-17-20(23)26-19(14-7-3-2-4-8-14)12-28-22(26)25-21(17)27/h2-12H,23H2,1H3/b16-11+. The lowest BCUT2D eigenvalue weighted by molar-refractivity contribution is 1.12. The van der Waals surface area contributed by atoms with Crippen LogP contribution in [0, 0.1) is 0 Å². The van der Waals surface area contributed by atoms with Crippen LogP contribution in [0.25, 0.3) is 27.9 Å². The summed E-state index contributed by atoms with van der Waals surface area (Å²) in [5.74, 6) is 0.389. The Kier molecular flexibility index (Phi) is 3.74. The van der Waals surface area contributed by atoms with Gasteiger partial charge in [0.05, 0.1) is 16.9 Å². The Balaban J connectivity index is 1.76. The van der Waals surface area contributed by atoms with E-state index in [4.69, 9.17) is 5.73 Å². The number of nitrogen functional groups attached to an aromatic ring is 1. The Morgan fingerprint density at radius 2 is 1.82 bits per heavy atom. The van der Waals surface area contributed by atoms with E-state index in [-0.39, 0.29) is 5.56 Å². The van der Waals surface area contributed by atoms with Crippen molar-refractivity contribution in [2.75, 3.05) is 5.73 Å². The van der Waals surface area contributed by atoms with E-state index < -0.39 is 0 Å². The van der Waals surface area contributed by atoms with Crippen molar-refractivity contribution in [3.63, 3.8) is 0 Å². The fourth-order valence-electron chi connectivity index (χ4n) is 3.51. The number of hydrogen-bond donors (Lipinski definition) is 1. The van der Waals surface area contributed by atoms with Gasteiger partial charge in [0.1, 0.15) is 5.82 Å². The maximum Gasteiger partial charge on any atom is 0.283 e. The summed E-state index contributed by atoms with van der Waals surface area (Å²) in [5, 5.41) is 1.97. The number of nitrogens with two attached hydrogens (primary N) is 1. The molecule has 3 heterocycles. The number of fused-ring (bicyclic) bond motifs is 2. The van der Waals surface area contributed by atoms with Crippen LogP contribution in [0.1, 0.15) is 18.1 Å². The van der Waals surface area contributed by atoms with Gasteiger partial charge in [0, 0.05) is 22.2 Å². The average Bonchev–Trinajstić information content (AvgIpc) is 3.26. The van der Waals surface area contributed by atoms with Crippen LogP contribution in [0.2, 0.25) is 0 Å². The van der Waals surface area contributed by atoms with E-state index in [1.54, 1.807) is 0 Å². The molecular weight excluding hydrogens is 368 g/mol. The first-order valence-electron chi connectivity index (χ1n) is 8.85. The molecule has 6 heteroatoms. The van der Waals surface area contributed by atoms with Gasteiger partial charge >= 0.3 is 0 Å². The molecule has 0 saturated carbocycles. The lowest BCUT2D eigenvalue weighted by Crippen LogP contribution is -2.16. The molecular formula is C22H16N4OS. The van der Waals surface area contributed by atoms with Crippen LogP contribution in [0.4, 0.5) is 11.5 Å². The zero-order valence-corrected chi connectivity index (χ0v) is 15.9. The van der Waals surface area contributed by atoms with Crippen LogP contribution in [0.3, 0.4) is 0 Å². The quantitative estimate of drug-likeness (QED) is 0.547. The van der Waals surface area contributed by atoms with Crippen LogP contribution >= 0.6 is 11.3 Å². The summed E-state index contributed by atoms with van der Waals surface area (Å²) in [6, 6.07) is 17.8. The minimum absolute atomic E-state index is 0.330. The number of hydrogen-bond acceptors (Lipinski definition) is 5. The summed E-state index contributed by atoms with van der Waals surface area (Å²) in [6.07, 6.45) is 1.81. The molecule has 0 radical (unpaired) electrons. The van der Waals surface area contributed by atoms with Gasteiger partial charge in [-0.2, -0.15) is 4.98 Å². The van der Waals surface area contributed by atoms with E-state index >= 15 is 0 Å². The monoisotopic (exact) mass is 384 g/mol. The third-order valence-electron chi connectivity index (χ3n) is 4.88. The average molecular weight is 384 g/mol. The predicted molar refractivity (Wildman–Crippen MR) is 116 cm³/mol. The molecule has 28 heavy (non-hydrogen) atoms. The highest BCUT2D eigenvalue weighted by Gasteiger charge is 2.20. The van der Waals surface area contributed by atoms with Crippen LogP contribution in [-0.4, -0.2) is 15.1 Å². The summed E-state index contributed by atoms with van der Waals surface area (Å²) in [4.78, 5) is 22.2. The first kappa shape index (κ1) is 16.6. The summed E-state index contributed by atoms with van der Waals surface area (Å²) in [6.45, 7) is 1.94. The maximum absolute atomic E-state index is 12.7. The molecule has 0 atom stereocenters. The molecule has 136 valence electrons. The van der Waals surface area contributed by atoms with Gasteiger partial charge < -0.3 is 5.73 Å². The molecule has 0 aliphatic carbocycles. The number of thiazole rings is 1. The second kappa shape index (κ2) is 6.28. The fraction of sp³-hybridized carbons (Fsp3) is 0.0455. The third kappa shape index (κ3) is 2.50. The summed E-state index contributed by atoms with van der Waals surface area (Å²) < 4.78 is 1.85. The van der Waals surface area contributed by atoms with Gasteiger partial charge in [0.2, 0.25) is 0 Å². The highest BCUT2D eigenvalue weighted by atomic mass is 32.1. The van der Waals surface area contributed by atoms with Crippen LogP contribution in [-0.2, 0) is 0 Å². The molecule has 4 aromatic rings. The molecule has 5 nitrogen and oxygen atoms in total. The van der Waals surface area contributed by atoms with Crippen molar-refractivity contribution in [1.29, 1.82) is 0 Å². The number of para-hydroxylation sites is 1. The van der Waals surface area contributed by atoms with E-state index in [0.717, 1.165) is 33.8 Å². The first-order chi connectivity index (χ1) is 13.6. The Hall–Kier alpha value is -3.51. The minimum atomic E-state index is -0.330. The van der Waals surface area contributed by atoms with Crippen molar-refractivity contribution in [3.05, 3.63) is 81.5 Å². The van der Waals surface area contributed by atoms with E-state index in [9.17, 15) is 4.79 Å². The maximum atomic E-state index is 12.7. The SMILES string of the molecule is CC1=Nc2ccccc2/C1=C/c1c(N)n2c(-c3ccccc3)csc2nc1=O. The Labute approximate surface area is 165 Å². The van der Waals surface area contributed by atoms with Crippen molar-refractivity contribution in [1.82, 2.24) is 9.38 Å². The molecule has 0 unspecified atom stereocenters. The largest absolute Gasteiger partial charge is 0.384 e. The molecule has 0 amide bonds. The van der Waals surface area contributed by atoms with Crippen LogP contribution in [0.15, 0.2) is 69.8 Å². The number of aromatic nitrogens is 2. The van der Waals surface area contributed by atoms with E-state index in [2.05, 4.69) is 9.98 Å². The van der Waals surface area contributed by atoms with Gasteiger partial charge in [0.15, 0.2) is 4.96 Å². The number of nitrogens with zero attached hydrogens (tertiary/aromatic N) is 3. The molecule has 0 bridgehead atoms. The highest BCUT2D eigenvalue weighted by Crippen LogP contribution is 2.36. The number of allylic oxidation sites excluding steroid dienone is 1. The van der Waals surface area contributed by atoms with Gasteiger partial charge in [0.25, 0.3) is 5.56 Å². The summed E-state index contributed by atoms with van der Waals surface area (Å²) in [5.41, 5.74) is 12.1. The van der Waals surface area contributed by atoms with Crippen molar-refractivity contribution >= 4 is 45.2 Å². The summed E-state index contributed by atoms with van der Waals surface area (Å²) in [7, 11) is 0. The Morgan fingerprint density at radius 3 is 2.64 bits per heavy atom. The predicted octanol–water partition coefficient (Wildman–Crippen LogP) is 4.65. The zero-order valence-electron chi connectivity index (χ0n) is 15.1.